The predicted molar refractivity (Wildman–Crippen MR) is 89.4 cm³/mol. The summed E-state index contributed by atoms with van der Waals surface area (Å²) in [6.45, 7) is 12.2. The van der Waals surface area contributed by atoms with Gasteiger partial charge in [-0.2, -0.15) is 0 Å². The van der Waals surface area contributed by atoms with Crippen molar-refractivity contribution in [2.45, 2.75) is 65.6 Å². The lowest BCUT2D eigenvalue weighted by atomic mass is 9.71. The van der Waals surface area contributed by atoms with E-state index in [9.17, 15) is 4.79 Å². The Morgan fingerprint density at radius 3 is 2.18 bits per heavy atom. The second kappa shape index (κ2) is 5.71. The van der Waals surface area contributed by atoms with Crippen LogP contribution in [0.2, 0.25) is 0 Å². The zero-order valence-corrected chi connectivity index (χ0v) is 14.4. The van der Waals surface area contributed by atoms with E-state index in [0.717, 1.165) is 29.4 Å². The second-order valence-corrected chi connectivity index (χ2v) is 7.02. The lowest BCUT2D eigenvalue weighted by Crippen LogP contribution is -2.41. The quantitative estimate of drug-likeness (QED) is 0.869. The fourth-order valence-electron chi connectivity index (χ4n) is 2.82. The molecule has 120 valence electrons. The van der Waals surface area contributed by atoms with Gasteiger partial charge in [-0.25, -0.2) is 0 Å². The van der Waals surface area contributed by atoms with Crippen molar-refractivity contribution in [1.82, 2.24) is 0 Å². The van der Waals surface area contributed by atoms with Crippen LogP contribution in [0.4, 0.5) is 0 Å². The smallest absolute Gasteiger partial charge is 0.399 e. The number of nitrogens with two attached hydrogens (primary N) is 1. The van der Waals surface area contributed by atoms with E-state index in [1.54, 1.807) is 6.07 Å². The topological polar surface area (TPSA) is 61.6 Å². The summed E-state index contributed by atoms with van der Waals surface area (Å²) in [5, 5.41) is 0. The molecule has 1 amide bonds. The molecule has 0 saturated carbocycles. The Morgan fingerprint density at radius 1 is 1.18 bits per heavy atom. The Hall–Kier alpha value is -1.33. The van der Waals surface area contributed by atoms with Crippen LogP contribution >= 0.6 is 0 Å². The average Bonchev–Trinajstić information content (AvgIpc) is 2.58. The van der Waals surface area contributed by atoms with Gasteiger partial charge in [0, 0.05) is 5.56 Å². The second-order valence-electron chi connectivity index (χ2n) is 7.02. The van der Waals surface area contributed by atoms with Crippen LogP contribution in [0.25, 0.3) is 0 Å². The highest BCUT2D eigenvalue weighted by atomic mass is 16.7. The van der Waals surface area contributed by atoms with Gasteiger partial charge in [-0.05, 0) is 58.1 Å². The van der Waals surface area contributed by atoms with Crippen molar-refractivity contribution in [2.24, 2.45) is 5.73 Å². The Kier molecular flexibility index (Phi) is 4.42. The molecule has 1 fully saturated rings. The van der Waals surface area contributed by atoms with Crippen LogP contribution in [-0.4, -0.2) is 24.2 Å². The third-order valence-electron chi connectivity index (χ3n) is 4.83. The van der Waals surface area contributed by atoms with Gasteiger partial charge in [0.05, 0.1) is 11.2 Å². The van der Waals surface area contributed by atoms with Gasteiger partial charge in [0.2, 0.25) is 5.91 Å². The van der Waals surface area contributed by atoms with Crippen molar-refractivity contribution < 1.29 is 14.1 Å². The number of benzene rings is 1. The van der Waals surface area contributed by atoms with E-state index in [1.165, 1.54) is 0 Å². The molecule has 0 unspecified atom stereocenters. The Balaban J connectivity index is 2.56. The van der Waals surface area contributed by atoms with Crippen molar-refractivity contribution in [1.29, 1.82) is 0 Å². The summed E-state index contributed by atoms with van der Waals surface area (Å²) in [7, 11) is -0.467. The van der Waals surface area contributed by atoms with Crippen LogP contribution in [0, 0.1) is 6.92 Å². The first-order valence-electron chi connectivity index (χ1n) is 7.88. The first-order valence-corrected chi connectivity index (χ1v) is 7.88. The summed E-state index contributed by atoms with van der Waals surface area (Å²) in [5.74, 6) is -0.402. The largest absolute Gasteiger partial charge is 0.495 e. The van der Waals surface area contributed by atoms with Gasteiger partial charge in [0.25, 0.3) is 0 Å². The van der Waals surface area contributed by atoms with E-state index in [2.05, 4.69) is 6.92 Å². The molecule has 1 aromatic carbocycles. The zero-order valence-electron chi connectivity index (χ0n) is 14.4. The standard InChI is InChI=1S/C17H26BNO3/c1-7-8-12-13(15(19)20)10-9-11(2)14(12)18-21-16(3,4)17(5,6)22-18/h9-10H,7-8H2,1-6H3,(H2,19,20). The Morgan fingerprint density at radius 2 is 1.73 bits per heavy atom. The molecule has 1 heterocycles. The molecule has 0 aromatic heterocycles. The van der Waals surface area contributed by atoms with Crippen molar-refractivity contribution in [2.75, 3.05) is 0 Å². The van der Waals surface area contributed by atoms with E-state index in [-0.39, 0.29) is 0 Å². The summed E-state index contributed by atoms with van der Waals surface area (Å²) < 4.78 is 12.4. The summed E-state index contributed by atoms with van der Waals surface area (Å²) in [6, 6.07) is 3.72. The molecule has 2 N–H and O–H groups in total. The summed E-state index contributed by atoms with van der Waals surface area (Å²) >= 11 is 0. The Bertz CT molecular complexity index is 580. The molecule has 0 bridgehead atoms. The molecule has 0 atom stereocenters. The van der Waals surface area contributed by atoms with E-state index >= 15 is 0 Å². The molecule has 1 aromatic rings. The lowest BCUT2D eigenvalue weighted by molar-refractivity contribution is 0.00578. The minimum absolute atomic E-state index is 0.402. The first-order chi connectivity index (χ1) is 10.1. The molecule has 4 nitrogen and oxygen atoms in total. The number of carbonyl (C=O) groups is 1. The molecule has 0 spiro atoms. The van der Waals surface area contributed by atoms with Crippen LogP contribution in [0.3, 0.4) is 0 Å². The number of primary amides is 1. The lowest BCUT2D eigenvalue weighted by Gasteiger charge is -2.32. The molecule has 5 heteroatoms. The fourth-order valence-corrected chi connectivity index (χ4v) is 2.82. The van der Waals surface area contributed by atoms with Gasteiger partial charge in [-0.15, -0.1) is 0 Å². The van der Waals surface area contributed by atoms with Crippen molar-refractivity contribution in [3.63, 3.8) is 0 Å². The first kappa shape index (κ1) is 17.0. The van der Waals surface area contributed by atoms with Gasteiger partial charge in [0.15, 0.2) is 0 Å². The highest BCUT2D eigenvalue weighted by Gasteiger charge is 2.52. The number of rotatable bonds is 4. The zero-order chi connectivity index (χ0) is 16.7. The molecular formula is C17H26BNO3. The van der Waals surface area contributed by atoms with Gasteiger partial charge in [-0.3, -0.25) is 4.79 Å². The minimum atomic E-state index is -0.467. The summed E-state index contributed by atoms with van der Waals surface area (Å²) in [6.07, 6.45) is 1.70. The highest BCUT2D eigenvalue weighted by molar-refractivity contribution is 6.63. The van der Waals surface area contributed by atoms with Crippen LogP contribution in [-0.2, 0) is 15.7 Å². The summed E-state index contributed by atoms with van der Waals surface area (Å²) in [5.41, 5.74) is 8.27. The van der Waals surface area contributed by atoms with E-state index in [1.807, 2.05) is 40.7 Å². The van der Waals surface area contributed by atoms with Crippen LogP contribution in [0.15, 0.2) is 12.1 Å². The molecule has 1 aliphatic heterocycles. The van der Waals surface area contributed by atoms with Crippen molar-refractivity contribution in [3.8, 4) is 0 Å². The van der Waals surface area contributed by atoms with Crippen molar-refractivity contribution in [3.05, 3.63) is 28.8 Å². The monoisotopic (exact) mass is 303 g/mol. The fraction of sp³-hybridized carbons (Fsp3) is 0.588. The normalized spacial score (nSPS) is 19.5. The van der Waals surface area contributed by atoms with Crippen LogP contribution < -0.4 is 11.2 Å². The minimum Gasteiger partial charge on any atom is -0.399 e. The molecule has 1 saturated heterocycles. The molecular weight excluding hydrogens is 277 g/mol. The van der Waals surface area contributed by atoms with E-state index in [4.69, 9.17) is 15.0 Å². The molecule has 0 radical (unpaired) electrons. The molecule has 2 rings (SSSR count). The van der Waals surface area contributed by atoms with Gasteiger partial charge in [-0.1, -0.05) is 25.0 Å². The number of amides is 1. The molecule has 1 aliphatic rings. The van der Waals surface area contributed by atoms with Gasteiger partial charge >= 0.3 is 7.12 Å². The summed E-state index contributed by atoms with van der Waals surface area (Å²) in [4.78, 5) is 11.8. The van der Waals surface area contributed by atoms with E-state index < -0.39 is 24.2 Å². The number of aryl methyl sites for hydroxylation is 1. The maximum absolute atomic E-state index is 11.8. The Labute approximate surface area is 133 Å². The van der Waals surface area contributed by atoms with Crippen LogP contribution in [0.5, 0.6) is 0 Å². The highest BCUT2D eigenvalue weighted by Crippen LogP contribution is 2.37. The number of hydrogen-bond acceptors (Lipinski definition) is 3. The van der Waals surface area contributed by atoms with Crippen molar-refractivity contribution >= 4 is 18.5 Å². The third kappa shape index (κ3) is 2.80. The average molecular weight is 303 g/mol. The maximum Gasteiger partial charge on any atom is 0.495 e. The third-order valence-corrected chi connectivity index (χ3v) is 4.83. The number of carbonyl (C=O) groups excluding carboxylic acids is 1. The van der Waals surface area contributed by atoms with Gasteiger partial charge < -0.3 is 15.0 Å². The SMILES string of the molecule is CCCc1c(C(N)=O)ccc(C)c1B1OC(C)(C)C(C)(C)O1. The van der Waals surface area contributed by atoms with E-state index in [0.29, 0.717) is 5.56 Å². The maximum atomic E-state index is 11.8. The molecule has 22 heavy (non-hydrogen) atoms. The molecule has 0 aliphatic carbocycles. The van der Waals surface area contributed by atoms with Crippen LogP contribution in [0.1, 0.15) is 62.5 Å². The predicted octanol–water partition coefficient (Wildman–Crippen LogP) is 2.35. The number of hydrogen-bond donors (Lipinski definition) is 1. The van der Waals surface area contributed by atoms with Gasteiger partial charge in [0.1, 0.15) is 0 Å².